The highest BCUT2D eigenvalue weighted by Crippen LogP contribution is 2.29. The number of aromatic nitrogens is 3. The normalized spacial score (nSPS) is 11.8. The first-order valence-electron chi connectivity index (χ1n) is 8.01. The molecule has 0 aliphatic heterocycles. The first kappa shape index (κ1) is 22.1. The van der Waals surface area contributed by atoms with Gasteiger partial charge in [0.1, 0.15) is 5.01 Å². The van der Waals surface area contributed by atoms with Crippen LogP contribution in [0.25, 0.3) is 5.69 Å². The van der Waals surface area contributed by atoms with E-state index in [-0.39, 0.29) is 30.5 Å². The maximum atomic E-state index is 12.6. The molecule has 0 spiro atoms. The van der Waals surface area contributed by atoms with Gasteiger partial charge in [0, 0.05) is 31.4 Å². The topological polar surface area (TPSA) is 67.1 Å². The third kappa shape index (κ3) is 5.92. The van der Waals surface area contributed by atoms with Gasteiger partial charge in [0.25, 0.3) is 0 Å². The van der Waals surface area contributed by atoms with Crippen molar-refractivity contribution in [3.05, 3.63) is 64.4 Å². The van der Waals surface area contributed by atoms with E-state index in [1.807, 2.05) is 36.5 Å². The number of nitrogens with one attached hydrogen (secondary N) is 2. The van der Waals surface area contributed by atoms with Gasteiger partial charge in [-0.25, -0.2) is 9.67 Å². The summed E-state index contributed by atoms with van der Waals surface area (Å²) in [5.74, 6) is 0.481. The van der Waals surface area contributed by atoms with Gasteiger partial charge in [0.15, 0.2) is 11.7 Å². The van der Waals surface area contributed by atoms with Gasteiger partial charge in [-0.15, -0.1) is 35.3 Å². The lowest BCUT2D eigenvalue weighted by Crippen LogP contribution is -2.36. The summed E-state index contributed by atoms with van der Waals surface area (Å²) in [5, 5.41) is 11.6. The van der Waals surface area contributed by atoms with Crippen LogP contribution in [0, 0.1) is 0 Å². The van der Waals surface area contributed by atoms with Gasteiger partial charge >= 0.3 is 6.18 Å². The fourth-order valence-electron chi connectivity index (χ4n) is 2.28. The van der Waals surface area contributed by atoms with E-state index in [9.17, 15) is 13.2 Å². The largest absolute Gasteiger partial charge is 0.434 e. The standard InChI is InChI=1S/C17H17F3N6S.HI/c1-21-16(23-10-15-25-14(11-27-15)17(18,19)20)22-9-12-3-5-13(6-4-12)26-8-2-7-24-26;/h2-8,11H,9-10H2,1H3,(H2,21,22,23);1H. The number of hydrogen-bond donors (Lipinski definition) is 2. The molecule has 1 aromatic carbocycles. The minimum absolute atomic E-state index is 0. The average molecular weight is 522 g/mol. The average Bonchev–Trinajstić information content (AvgIpc) is 3.34. The molecule has 3 aromatic rings. The smallest absolute Gasteiger partial charge is 0.352 e. The number of rotatable bonds is 5. The fourth-order valence-corrected chi connectivity index (χ4v) is 3.02. The van der Waals surface area contributed by atoms with Crippen molar-refractivity contribution in [2.24, 2.45) is 4.99 Å². The highest BCUT2D eigenvalue weighted by atomic mass is 127. The van der Waals surface area contributed by atoms with Gasteiger partial charge in [-0.05, 0) is 23.8 Å². The van der Waals surface area contributed by atoms with Crippen molar-refractivity contribution in [2.75, 3.05) is 7.05 Å². The Balaban J connectivity index is 0.00000280. The molecule has 6 nitrogen and oxygen atoms in total. The Hall–Kier alpha value is -2.15. The third-order valence-electron chi connectivity index (χ3n) is 3.64. The van der Waals surface area contributed by atoms with Crippen LogP contribution in [-0.2, 0) is 19.3 Å². The number of guanidine groups is 1. The molecular weight excluding hydrogens is 504 g/mol. The van der Waals surface area contributed by atoms with Crippen LogP contribution in [0.3, 0.4) is 0 Å². The predicted molar refractivity (Wildman–Crippen MR) is 113 cm³/mol. The monoisotopic (exact) mass is 522 g/mol. The molecule has 0 amide bonds. The van der Waals surface area contributed by atoms with E-state index < -0.39 is 11.9 Å². The van der Waals surface area contributed by atoms with Crippen molar-refractivity contribution < 1.29 is 13.2 Å². The Kier molecular flexibility index (Phi) is 7.80. The Labute approximate surface area is 180 Å². The fraction of sp³-hybridized carbons (Fsp3) is 0.235. The molecule has 0 unspecified atom stereocenters. The van der Waals surface area contributed by atoms with E-state index in [1.165, 1.54) is 0 Å². The molecule has 3 rings (SSSR count). The van der Waals surface area contributed by atoms with Gasteiger partial charge in [-0.2, -0.15) is 18.3 Å². The summed E-state index contributed by atoms with van der Waals surface area (Å²) in [5.41, 5.74) is 1.11. The summed E-state index contributed by atoms with van der Waals surface area (Å²) in [6, 6.07) is 9.69. The van der Waals surface area contributed by atoms with Crippen LogP contribution in [0.1, 0.15) is 16.3 Å². The molecule has 0 atom stereocenters. The first-order chi connectivity index (χ1) is 13.0. The molecule has 0 aliphatic rings. The predicted octanol–water partition coefficient (Wildman–Crippen LogP) is 3.83. The molecule has 2 N–H and O–H groups in total. The Morgan fingerprint density at radius 3 is 2.46 bits per heavy atom. The molecule has 0 radical (unpaired) electrons. The van der Waals surface area contributed by atoms with E-state index in [0.29, 0.717) is 17.5 Å². The van der Waals surface area contributed by atoms with Gasteiger partial charge in [-0.3, -0.25) is 4.99 Å². The van der Waals surface area contributed by atoms with E-state index in [0.717, 1.165) is 28.0 Å². The van der Waals surface area contributed by atoms with Crippen LogP contribution >= 0.6 is 35.3 Å². The summed E-state index contributed by atoms with van der Waals surface area (Å²) in [4.78, 5) is 7.65. The molecule has 0 saturated heterocycles. The maximum Gasteiger partial charge on any atom is 0.434 e. The van der Waals surface area contributed by atoms with E-state index >= 15 is 0 Å². The molecule has 11 heteroatoms. The zero-order chi connectivity index (χ0) is 19.3. The van der Waals surface area contributed by atoms with Crippen molar-refractivity contribution in [3.63, 3.8) is 0 Å². The second kappa shape index (κ2) is 9.87. The second-order valence-electron chi connectivity index (χ2n) is 5.52. The number of halogens is 4. The van der Waals surface area contributed by atoms with Gasteiger partial charge in [0.05, 0.1) is 12.2 Å². The maximum absolute atomic E-state index is 12.6. The zero-order valence-electron chi connectivity index (χ0n) is 14.8. The molecule has 0 saturated carbocycles. The van der Waals surface area contributed by atoms with Crippen LogP contribution in [-0.4, -0.2) is 27.8 Å². The zero-order valence-corrected chi connectivity index (χ0v) is 17.9. The van der Waals surface area contributed by atoms with Crippen molar-refractivity contribution in [2.45, 2.75) is 19.3 Å². The minimum Gasteiger partial charge on any atom is -0.352 e. The van der Waals surface area contributed by atoms with Crippen molar-refractivity contribution in [1.82, 2.24) is 25.4 Å². The van der Waals surface area contributed by atoms with Gasteiger partial charge in [-0.1, -0.05) is 12.1 Å². The minimum atomic E-state index is -4.42. The van der Waals surface area contributed by atoms with Crippen molar-refractivity contribution in [3.8, 4) is 5.69 Å². The number of thiazole rings is 1. The highest BCUT2D eigenvalue weighted by molar-refractivity contribution is 14.0. The molecule has 0 fully saturated rings. The van der Waals surface area contributed by atoms with Crippen molar-refractivity contribution >= 4 is 41.3 Å². The molecule has 28 heavy (non-hydrogen) atoms. The molecule has 0 bridgehead atoms. The van der Waals surface area contributed by atoms with E-state index in [1.54, 1.807) is 17.9 Å². The van der Waals surface area contributed by atoms with Crippen LogP contribution in [0.5, 0.6) is 0 Å². The number of aliphatic imine (C=N–C) groups is 1. The molecule has 150 valence electrons. The van der Waals surface area contributed by atoms with E-state index in [4.69, 9.17) is 0 Å². The Bertz CT molecular complexity index is 891. The summed E-state index contributed by atoms with van der Waals surface area (Å²) in [6.07, 6.45) is -0.843. The Morgan fingerprint density at radius 2 is 1.89 bits per heavy atom. The van der Waals surface area contributed by atoms with Crippen LogP contribution in [0.2, 0.25) is 0 Å². The number of benzene rings is 1. The number of hydrogen-bond acceptors (Lipinski definition) is 4. The first-order valence-corrected chi connectivity index (χ1v) is 8.89. The molecule has 2 heterocycles. The highest BCUT2D eigenvalue weighted by Gasteiger charge is 2.33. The van der Waals surface area contributed by atoms with Gasteiger partial charge < -0.3 is 10.6 Å². The Morgan fingerprint density at radius 1 is 1.18 bits per heavy atom. The molecule has 2 aromatic heterocycles. The van der Waals surface area contributed by atoms with Crippen LogP contribution in [0.15, 0.2) is 53.1 Å². The van der Waals surface area contributed by atoms with Gasteiger partial charge in [0.2, 0.25) is 0 Å². The number of nitrogens with zero attached hydrogens (tertiary/aromatic N) is 4. The lowest BCUT2D eigenvalue weighted by atomic mass is 10.2. The second-order valence-corrected chi connectivity index (χ2v) is 6.46. The van der Waals surface area contributed by atoms with Crippen LogP contribution in [0.4, 0.5) is 13.2 Å². The van der Waals surface area contributed by atoms with E-state index in [2.05, 4.69) is 25.7 Å². The lowest BCUT2D eigenvalue weighted by Gasteiger charge is -2.11. The summed E-state index contributed by atoms with van der Waals surface area (Å²) >= 11 is 0.959. The summed E-state index contributed by atoms with van der Waals surface area (Å²) in [6.45, 7) is 0.684. The number of alkyl halides is 3. The lowest BCUT2D eigenvalue weighted by molar-refractivity contribution is -0.140. The van der Waals surface area contributed by atoms with Crippen LogP contribution < -0.4 is 10.6 Å². The quantitative estimate of drug-likeness (QED) is 0.304. The molecule has 0 aliphatic carbocycles. The summed E-state index contributed by atoms with van der Waals surface area (Å²) < 4.78 is 39.5. The van der Waals surface area contributed by atoms with Crippen molar-refractivity contribution in [1.29, 1.82) is 0 Å². The molecular formula is C17H18F3IN6S. The SMILES string of the molecule is CN=C(NCc1ccc(-n2cccn2)cc1)NCc1nc(C(F)(F)F)cs1.I. The summed E-state index contributed by atoms with van der Waals surface area (Å²) in [7, 11) is 1.60. The third-order valence-corrected chi connectivity index (χ3v) is 4.49.